The lowest BCUT2D eigenvalue weighted by Gasteiger charge is -2.40. The zero-order valence-electron chi connectivity index (χ0n) is 26.3. The summed E-state index contributed by atoms with van der Waals surface area (Å²) in [5.41, 5.74) is 5.10. The van der Waals surface area contributed by atoms with Crippen LogP contribution in [-0.2, 0) is 25.7 Å². The Labute approximate surface area is 273 Å². The van der Waals surface area contributed by atoms with Gasteiger partial charge in [0.2, 0.25) is 5.91 Å². The maximum absolute atomic E-state index is 12.8. The van der Waals surface area contributed by atoms with Gasteiger partial charge in [0, 0.05) is 56.2 Å². The highest BCUT2D eigenvalue weighted by molar-refractivity contribution is 5.90. The Balaban J connectivity index is 1.10. The van der Waals surface area contributed by atoms with E-state index >= 15 is 0 Å². The van der Waals surface area contributed by atoms with Gasteiger partial charge in [-0.1, -0.05) is 48.5 Å². The molecule has 3 atom stereocenters. The number of hydrogen-bond donors (Lipinski definition) is 4. The van der Waals surface area contributed by atoms with E-state index in [0.29, 0.717) is 24.9 Å². The number of piperidine rings is 1. The van der Waals surface area contributed by atoms with E-state index in [1.807, 2.05) is 77.4 Å². The van der Waals surface area contributed by atoms with Crippen molar-refractivity contribution in [1.82, 2.24) is 14.5 Å². The van der Waals surface area contributed by atoms with Crippen LogP contribution in [0.1, 0.15) is 80.1 Å². The van der Waals surface area contributed by atoms with Gasteiger partial charge in [0.1, 0.15) is 0 Å². The molecule has 0 saturated carbocycles. The number of aliphatic carboxylic acids is 1. The molecular formula is C36H42N4O7. The molecule has 1 aromatic heterocycles. The van der Waals surface area contributed by atoms with Gasteiger partial charge in [0.25, 0.3) is 0 Å². The topological polar surface area (TPSA) is 146 Å². The minimum Gasteiger partial charge on any atom is -0.481 e. The van der Waals surface area contributed by atoms with Gasteiger partial charge >= 0.3 is 11.7 Å². The number of carboxylic acids is 1. The van der Waals surface area contributed by atoms with Crippen LogP contribution < -0.4 is 11.0 Å². The third kappa shape index (κ3) is 8.17. The molecular weight excluding hydrogens is 600 g/mol. The number of anilines is 1. The van der Waals surface area contributed by atoms with Crippen LogP contribution in [0.4, 0.5) is 5.69 Å². The van der Waals surface area contributed by atoms with Crippen molar-refractivity contribution in [3.8, 4) is 0 Å². The summed E-state index contributed by atoms with van der Waals surface area (Å²) in [5, 5.41) is 21.2. The number of aliphatic hydroxyl groups excluding tert-OH is 1. The van der Waals surface area contributed by atoms with Crippen LogP contribution >= 0.6 is 0 Å². The number of rotatable bonds is 12. The van der Waals surface area contributed by atoms with Crippen molar-refractivity contribution in [3.63, 3.8) is 0 Å². The molecule has 3 aromatic carbocycles. The highest BCUT2D eigenvalue weighted by Crippen LogP contribution is 2.39. The third-order valence-electron chi connectivity index (χ3n) is 9.13. The van der Waals surface area contributed by atoms with Gasteiger partial charge in [-0.25, -0.2) is 4.79 Å². The highest BCUT2D eigenvalue weighted by Gasteiger charge is 2.34. The van der Waals surface area contributed by atoms with Crippen molar-refractivity contribution in [2.45, 2.75) is 76.1 Å². The Kier molecular flexibility index (Phi) is 10.5. The largest absolute Gasteiger partial charge is 0.481 e. The van der Waals surface area contributed by atoms with Gasteiger partial charge < -0.3 is 34.9 Å². The Morgan fingerprint density at radius 3 is 2.32 bits per heavy atom. The van der Waals surface area contributed by atoms with E-state index in [1.165, 1.54) is 0 Å². The van der Waals surface area contributed by atoms with E-state index in [4.69, 9.17) is 14.6 Å². The van der Waals surface area contributed by atoms with E-state index in [-0.39, 0.29) is 49.3 Å². The quantitative estimate of drug-likeness (QED) is 0.153. The van der Waals surface area contributed by atoms with E-state index in [1.54, 1.807) is 0 Å². The number of hydrogen-bond acceptors (Lipinski definition) is 7. The number of benzene rings is 3. The van der Waals surface area contributed by atoms with Crippen molar-refractivity contribution in [2.75, 3.05) is 25.0 Å². The summed E-state index contributed by atoms with van der Waals surface area (Å²) < 4.78 is 15.0. The molecule has 248 valence electrons. The van der Waals surface area contributed by atoms with Crippen molar-refractivity contribution < 1.29 is 29.3 Å². The number of unbranched alkanes of at least 4 members (excludes halogenated alkanes) is 1. The number of carboxylic acid groups (broad SMARTS) is 1. The number of carbonyl (C=O) groups is 2. The minimum absolute atomic E-state index is 0.0218. The number of aromatic nitrogens is 2. The standard InChI is InChI=1S/C36H42N4O7/c41-23-24-9-11-25(12-10-24)32-21-29(22-39-19-17-28(18-20-39)40-31-6-2-1-5-30(31)38-36(40)45)46-35(47-32)26-13-15-27(16-14-26)37-33(42)7-3-4-8-34(43)44/h1-2,5-6,9-16,28-29,32,35,41H,3-4,7-8,17-23H2,(H,37,42)(H,38,45)(H,43,44)/t29-,32+,35+/m1/s1. The van der Waals surface area contributed by atoms with Gasteiger partial charge in [0.05, 0.1) is 29.8 Å². The summed E-state index contributed by atoms with van der Waals surface area (Å²) in [4.78, 5) is 41.2. The molecule has 2 saturated heterocycles. The molecule has 0 spiro atoms. The molecule has 0 unspecified atom stereocenters. The molecule has 4 aromatic rings. The second kappa shape index (κ2) is 15.1. The lowest BCUT2D eigenvalue weighted by atomic mass is 9.98. The zero-order chi connectivity index (χ0) is 32.8. The number of nitrogens with zero attached hydrogens (tertiary/aromatic N) is 2. The van der Waals surface area contributed by atoms with Crippen LogP contribution in [0.15, 0.2) is 77.6 Å². The number of fused-ring (bicyclic) bond motifs is 1. The number of imidazole rings is 1. The molecule has 2 fully saturated rings. The zero-order valence-corrected chi connectivity index (χ0v) is 26.3. The predicted molar refractivity (Wildman–Crippen MR) is 177 cm³/mol. The SMILES string of the molecule is O=C(O)CCCCC(=O)Nc1ccc([C@H]2O[C@@H](CN3CCC(n4c(=O)[nH]c5ccccc54)CC3)C[C@@H](c3ccc(CO)cc3)O2)cc1. The molecule has 1 amide bonds. The maximum Gasteiger partial charge on any atom is 0.326 e. The van der Waals surface area contributed by atoms with Crippen molar-refractivity contribution in [3.05, 3.63) is 100.0 Å². The minimum atomic E-state index is -0.858. The monoisotopic (exact) mass is 642 g/mol. The molecule has 3 heterocycles. The lowest BCUT2D eigenvalue weighted by molar-refractivity contribution is -0.253. The second-order valence-electron chi connectivity index (χ2n) is 12.5. The first-order chi connectivity index (χ1) is 22.9. The third-order valence-corrected chi connectivity index (χ3v) is 9.13. The van der Waals surface area contributed by atoms with Crippen LogP contribution in [0, 0.1) is 0 Å². The van der Waals surface area contributed by atoms with Crippen molar-refractivity contribution in [2.24, 2.45) is 0 Å². The van der Waals surface area contributed by atoms with Crippen molar-refractivity contribution >= 4 is 28.6 Å². The number of amides is 1. The molecule has 11 heteroatoms. The fourth-order valence-electron chi connectivity index (χ4n) is 6.63. The highest BCUT2D eigenvalue weighted by atomic mass is 16.7. The smallest absolute Gasteiger partial charge is 0.326 e. The number of likely N-dealkylation sites (tertiary alicyclic amines) is 1. The molecule has 0 radical (unpaired) electrons. The normalized spacial score (nSPS) is 20.7. The fourth-order valence-corrected chi connectivity index (χ4v) is 6.63. The number of carbonyl (C=O) groups excluding carboxylic acids is 1. The Hall–Kier alpha value is -4.29. The number of aromatic amines is 1. The number of H-pyrrole nitrogens is 1. The summed E-state index contributed by atoms with van der Waals surface area (Å²) in [6.07, 6.45) is 2.78. The number of aliphatic hydroxyl groups is 1. The number of para-hydroxylation sites is 2. The first kappa shape index (κ1) is 32.6. The first-order valence-corrected chi connectivity index (χ1v) is 16.4. The summed E-state index contributed by atoms with van der Waals surface area (Å²) in [5.74, 6) is -1.01. The van der Waals surface area contributed by atoms with Gasteiger partial charge in [-0.3, -0.25) is 14.2 Å². The molecule has 4 N–H and O–H groups in total. The molecule has 0 bridgehead atoms. The van der Waals surface area contributed by atoms with E-state index in [9.17, 15) is 19.5 Å². The molecule has 11 nitrogen and oxygen atoms in total. The molecule has 0 aliphatic carbocycles. The van der Waals surface area contributed by atoms with Crippen LogP contribution in [-0.4, -0.2) is 62.3 Å². The van der Waals surface area contributed by atoms with E-state index in [2.05, 4.69) is 15.2 Å². The molecule has 2 aliphatic rings. The fraction of sp³-hybridized carbons (Fsp3) is 0.417. The van der Waals surface area contributed by atoms with Gasteiger partial charge in [-0.15, -0.1) is 0 Å². The van der Waals surface area contributed by atoms with Gasteiger partial charge in [-0.05, 0) is 61.1 Å². The van der Waals surface area contributed by atoms with Crippen molar-refractivity contribution in [1.29, 1.82) is 0 Å². The summed E-state index contributed by atoms with van der Waals surface area (Å²) >= 11 is 0. The molecule has 6 rings (SSSR count). The van der Waals surface area contributed by atoms with E-state index < -0.39 is 12.3 Å². The lowest BCUT2D eigenvalue weighted by Crippen LogP contribution is -2.43. The predicted octanol–water partition coefficient (Wildman–Crippen LogP) is 5.29. The van der Waals surface area contributed by atoms with Crippen LogP contribution in [0.3, 0.4) is 0 Å². The average molecular weight is 643 g/mol. The summed E-state index contributed by atoms with van der Waals surface area (Å²) in [6.45, 7) is 2.41. The number of ether oxygens (including phenoxy) is 2. The van der Waals surface area contributed by atoms with Gasteiger partial charge in [0.15, 0.2) is 6.29 Å². The van der Waals surface area contributed by atoms with E-state index in [0.717, 1.165) is 60.2 Å². The first-order valence-electron chi connectivity index (χ1n) is 16.4. The summed E-state index contributed by atoms with van der Waals surface area (Å²) in [6, 6.07) is 23.2. The second-order valence-corrected chi connectivity index (χ2v) is 12.5. The Morgan fingerprint density at radius 1 is 0.894 bits per heavy atom. The van der Waals surface area contributed by atoms with Crippen LogP contribution in [0.5, 0.6) is 0 Å². The summed E-state index contributed by atoms with van der Waals surface area (Å²) in [7, 11) is 0. The van der Waals surface area contributed by atoms with Gasteiger partial charge in [-0.2, -0.15) is 0 Å². The molecule has 2 aliphatic heterocycles. The Morgan fingerprint density at radius 2 is 1.60 bits per heavy atom. The number of nitrogens with one attached hydrogen (secondary N) is 2. The maximum atomic E-state index is 12.8. The molecule has 47 heavy (non-hydrogen) atoms. The Bertz CT molecular complexity index is 1710. The van der Waals surface area contributed by atoms with Crippen LogP contribution in [0.25, 0.3) is 11.0 Å². The van der Waals surface area contributed by atoms with Crippen LogP contribution in [0.2, 0.25) is 0 Å². The average Bonchev–Trinajstić information content (AvgIpc) is 3.43.